The topological polar surface area (TPSA) is 68.2 Å². The van der Waals surface area contributed by atoms with Crippen molar-refractivity contribution in [1.82, 2.24) is 4.90 Å². The van der Waals surface area contributed by atoms with Crippen LogP contribution in [0, 0.1) is 5.92 Å². The molecular formula is C19H27NO5. The van der Waals surface area contributed by atoms with Gasteiger partial charge in [0.1, 0.15) is 11.5 Å². The van der Waals surface area contributed by atoms with Crippen molar-refractivity contribution in [3.63, 3.8) is 0 Å². The SMILES string of the molecule is COC(=O)N1CC[C@]2(O)CCCC[C@H]2[C@H]1c1ccc(OC)cc1OC. The first-order chi connectivity index (χ1) is 12.0. The minimum Gasteiger partial charge on any atom is -0.497 e. The average molecular weight is 349 g/mol. The van der Waals surface area contributed by atoms with Crippen molar-refractivity contribution in [3.05, 3.63) is 23.8 Å². The number of likely N-dealkylation sites (tertiary alicyclic amines) is 1. The van der Waals surface area contributed by atoms with Gasteiger partial charge in [-0.15, -0.1) is 0 Å². The van der Waals surface area contributed by atoms with E-state index in [2.05, 4.69) is 0 Å². The van der Waals surface area contributed by atoms with E-state index in [0.29, 0.717) is 24.5 Å². The summed E-state index contributed by atoms with van der Waals surface area (Å²) in [5.41, 5.74) is 0.150. The van der Waals surface area contributed by atoms with Crippen molar-refractivity contribution in [3.8, 4) is 11.5 Å². The molecule has 2 aliphatic rings. The summed E-state index contributed by atoms with van der Waals surface area (Å²) < 4.78 is 15.9. The molecule has 1 saturated heterocycles. The molecule has 25 heavy (non-hydrogen) atoms. The Balaban J connectivity index is 2.07. The monoisotopic (exact) mass is 349 g/mol. The molecule has 0 spiro atoms. The Hall–Kier alpha value is -1.95. The summed E-state index contributed by atoms with van der Waals surface area (Å²) in [4.78, 5) is 14.1. The van der Waals surface area contributed by atoms with Crippen molar-refractivity contribution < 1.29 is 24.1 Å². The smallest absolute Gasteiger partial charge is 0.410 e. The van der Waals surface area contributed by atoms with Gasteiger partial charge in [0, 0.05) is 24.1 Å². The molecule has 1 aliphatic carbocycles. The normalized spacial score (nSPS) is 28.9. The fraction of sp³-hybridized carbons (Fsp3) is 0.632. The first kappa shape index (κ1) is 17.9. The molecule has 3 atom stereocenters. The predicted molar refractivity (Wildman–Crippen MR) is 92.9 cm³/mol. The molecule has 6 heteroatoms. The van der Waals surface area contributed by atoms with E-state index in [1.54, 1.807) is 19.1 Å². The molecule has 1 heterocycles. The average Bonchev–Trinajstić information content (AvgIpc) is 2.65. The second-order valence-electron chi connectivity index (χ2n) is 6.92. The maximum Gasteiger partial charge on any atom is 0.410 e. The third kappa shape index (κ3) is 3.15. The van der Waals surface area contributed by atoms with Crippen LogP contribution in [0.15, 0.2) is 18.2 Å². The van der Waals surface area contributed by atoms with Gasteiger partial charge in [0.25, 0.3) is 0 Å². The molecule has 0 aromatic heterocycles. The van der Waals surface area contributed by atoms with Crippen LogP contribution in [0.1, 0.15) is 43.7 Å². The number of ether oxygens (including phenoxy) is 3. The van der Waals surface area contributed by atoms with Gasteiger partial charge in [-0.25, -0.2) is 4.79 Å². The van der Waals surface area contributed by atoms with E-state index in [4.69, 9.17) is 14.2 Å². The third-order valence-electron chi connectivity index (χ3n) is 5.74. The molecule has 1 saturated carbocycles. The minimum atomic E-state index is -0.738. The first-order valence-corrected chi connectivity index (χ1v) is 8.83. The molecule has 6 nitrogen and oxygen atoms in total. The van der Waals surface area contributed by atoms with E-state index in [0.717, 1.165) is 31.2 Å². The van der Waals surface area contributed by atoms with E-state index in [9.17, 15) is 9.90 Å². The van der Waals surface area contributed by atoms with Gasteiger partial charge in [0.2, 0.25) is 0 Å². The predicted octanol–water partition coefficient (Wildman–Crippen LogP) is 3.14. The number of nitrogens with zero attached hydrogens (tertiary/aromatic N) is 1. The molecular weight excluding hydrogens is 322 g/mol. The Bertz CT molecular complexity index is 634. The van der Waals surface area contributed by atoms with Gasteiger partial charge >= 0.3 is 6.09 Å². The van der Waals surface area contributed by atoms with Crippen LogP contribution >= 0.6 is 0 Å². The number of carbonyl (C=O) groups excluding carboxylic acids is 1. The van der Waals surface area contributed by atoms with E-state index < -0.39 is 5.60 Å². The van der Waals surface area contributed by atoms with Crippen LogP contribution in [0.25, 0.3) is 0 Å². The highest BCUT2D eigenvalue weighted by molar-refractivity contribution is 5.69. The van der Waals surface area contributed by atoms with Crippen molar-refractivity contribution in [2.75, 3.05) is 27.9 Å². The van der Waals surface area contributed by atoms with Gasteiger partial charge in [-0.05, 0) is 31.4 Å². The number of hydrogen-bond donors (Lipinski definition) is 1. The molecule has 1 amide bonds. The third-order valence-corrected chi connectivity index (χ3v) is 5.74. The summed E-state index contributed by atoms with van der Waals surface area (Å²) in [6.07, 6.45) is 3.96. The van der Waals surface area contributed by atoms with Gasteiger partial charge in [0.15, 0.2) is 0 Å². The number of methoxy groups -OCH3 is 3. The van der Waals surface area contributed by atoms with Crippen molar-refractivity contribution >= 4 is 6.09 Å². The zero-order valence-electron chi connectivity index (χ0n) is 15.2. The highest BCUT2D eigenvalue weighted by atomic mass is 16.5. The molecule has 138 valence electrons. The Morgan fingerprint density at radius 1 is 1.20 bits per heavy atom. The standard InChI is InChI=1S/C19H27NO5/c1-23-13-7-8-14(16(12-13)24-2)17-15-6-4-5-9-19(15,22)10-11-20(17)18(21)25-3/h7-8,12,15,17,22H,4-6,9-11H2,1-3H3/t15-,17+,19+/m0/s1. The second-order valence-corrected chi connectivity index (χ2v) is 6.92. The van der Waals surface area contributed by atoms with Crippen molar-refractivity contribution in [2.24, 2.45) is 5.92 Å². The molecule has 0 radical (unpaired) electrons. The van der Waals surface area contributed by atoms with E-state index in [-0.39, 0.29) is 18.1 Å². The zero-order chi connectivity index (χ0) is 18.0. The molecule has 1 N–H and O–H groups in total. The lowest BCUT2D eigenvalue weighted by molar-refractivity contribution is -0.118. The molecule has 3 rings (SSSR count). The number of fused-ring (bicyclic) bond motifs is 1. The largest absolute Gasteiger partial charge is 0.497 e. The molecule has 0 unspecified atom stereocenters. The first-order valence-electron chi connectivity index (χ1n) is 8.83. The fourth-order valence-electron chi connectivity index (χ4n) is 4.45. The number of aliphatic hydroxyl groups is 1. The summed E-state index contributed by atoms with van der Waals surface area (Å²) in [6, 6.07) is 5.34. The van der Waals surface area contributed by atoms with Gasteiger partial charge in [-0.3, -0.25) is 0 Å². The van der Waals surface area contributed by atoms with E-state index in [1.165, 1.54) is 7.11 Å². The lowest BCUT2D eigenvalue weighted by Gasteiger charge is -2.52. The Morgan fingerprint density at radius 3 is 2.68 bits per heavy atom. The number of carbonyl (C=O) groups is 1. The minimum absolute atomic E-state index is 0.0311. The van der Waals surface area contributed by atoms with Gasteiger partial charge < -0.3 is 24.2 Å². The summed E-state index contributed by atoms with van der Waals surface area (Å²) in [5, 5.41) is 11.2. The lowest BCUT2D eigenvalue weighted by atomic mass is 9.66. The van der Waals surface area contributed by atoms with Crippen LogP contribution in [-0.2, 0) is 4.74 Å². The van der Waals surface area contributed by atoms with Crippen LogP contribution in [0.2, 0.25) is 0 Å². The second kappa shape index (κ2) is 7.12. The molecule has 1 aromatic carbocycles. The van der Waals surface area contributed by atoms with Gasteiger partial charge in [0.05, 0.1) is 33.0 Å². The van der Waals surface area contributed by atoms with Crippen LogP contribution in [0.5, 0.6) is 11.5 Å². The number of rotatable bonds is 3. The van der Waals surface area contributed by atoms with Crippen molar-refractivity contribution in [2.45, 2.75) is 43.7 Å². The molecule has 1 aliphatic heterocycles. The molecule has 2 fully saturated rings. The number of hydrogen-bond acceptors (Lipinski definition) is 5. The Labute approximate surface area is 148 Å². The summed E-state index contributed by atoms with van der Waals surface area (Å²) in [6.45, 7) is 0.472. The molecule has 0 bridgehead atoms. The van der Waals surface area contributed by atoms with Crippen molar-refractivity contribution in [1.29, 1.82) is 0 Å². The maximum atomic E-state index is 12.4. The van der Waals surface area contributed by atoms with E-state index >= 15 is 0 Å². The number of piperidine rings is 1. The van der Waals surface area contributed by atoms with Crippen LogP contribution in [-0.4, -0.2) is 49.6 Å². The highest BCUT2D eigenvalue weighted by Crippen LogP contribution is 2.51. The zero-order valence-corrected chi connectivity index (χ0v) is 15.2. The quantitative estimate of drug-likeness (QED) is 0.908. The number of amides is 1. The molecule has 1 aromatic rings. The fourth-order valence-corrected chi connectivity index (χ4v) is 4.45. The van der Waals surface area contributed by atoms with Gasteiger partial charge in [-0.1, -0.05) is 12.8 Å². The van der Waals surface area contributed by atoms with Crippen LogP contribution < -0.4 is 9.47 Å². The summed E-state index contributed by atoms with van der Waals surface area (Å²) in [5.74, 6) is 1.32. The van der Waals surface area contributed by atoms with Crippen LogP contribution in [0.4, 0.5) is 4.79 Å². The van der Waals surface area contributed by atoms with Crippen LogP contribution in [0.3, 0.4) is 0 Å². The Morgan fingerprint density at radius 2 is 2.00 bits per heavy atom. The maximum absolute atomic E-state index is 12.4. The lowest BCUT2D eigenvalue weighted by Crippen LogP contribution is -2.56. The summed E-state index contributed by atoms with van der Waals surface area (Å²) >= 11 is 0. The summed E-state index contributed by atoms with van der Waals surface area (Å²) in [7, 11) is 4.61. The van der Waals surface area contributed by atoms with E-state index in [1.807, 2.05) is 18.2 Å². The highest BCUT2D eigenvalue weighted by Gasteiger charge is 2.51. The Kier molecular flexibility index (Phi) is 5.08. The number of benzene rings is 1. The van der Waals surface area contributed by atoms with Gasteiger partial charge in [-0.2, -0.15) is 0 Å².